The lowest BCUT2D eigenvalue weighted by atomic mass is 10.1. The van der Waals surface area contributed by atoms with E-state index in [2.05, 4.69) is 20.2 Å². The van der Waals surface area contributed by atoms with E-state index >= 15 is 0 Å². The number of aromatic nitrogens is 2. The maximum atomic E-state index is 13.0. The van der Waals surface area contributed by atoms with Crippen molar-refractivity contribution in [2.24, 2.45) is 0 Å². The van der Waals surface area contributed by atoms with E-state index in [1.807, 2.05) is 0 Å². The molecule has 5 aromatic rings. The normalized spacial score (nSPS) is 11.8. The van der Waals surface area contributed by atoms with Gasteiger partial charge in [-0.3, -0.25) is 9.52 Å². The molecule has 1 amide bonds. The number of hydrogen-bond acceptors (Lipinski definition) is 7. The second-order valence-corrected chi connectivity index (χ2v) is 10.2. The third-order valence-electron chi connectivity index (χ3n) is 5.65. The van der Waals surface area contributed by atoms with Crippen molar-refractivity contribution in [3.8, 4) is 22.8 Å². The number of benzene rings is 3. The van der Waals surface area contributed by atoms with Crippen molar-refractivity contribution in [1.29, 1.82) is 0 Å². The summed E-state index contributed by atoms with van der Waals surface area (Å²) in [4.78, 5) is 16.6. The van der Waals surface area contributed by atoms with E-state index in [1.165, 1.54) is 30.5 Å². The van der Waals surface area contributed by atoms with Crippen LogP contribution in [0.5, 0.6) is 0 Å². The number of halogens is 3. The third kappa shape index (κ3) is 6.04. The van der Waals surface area contributed by atoms with Crippen molar-refractivity contribution in [2.75, 3.05) is 4.72 Å². The Balaban J connectivity index is 1.34. The molecule has 0 aliphatic carbocycles. The minimum atomic E-state index is -4.62. The van der Waals surface area contributed by atoms with Gasteiger partial charge in [-0.2, -0.15) is 18.2 Å². The minimum Gasteiger partial charge on any atom is -0.467 e. The number of anilines is 1. The first-order valence-electron chi connectivity index (χ1n) is 11.6. The SMILES string of the molecule is O=C(NCc1ccco1)c1cccc(-c2noc(-c3cccc(S(=O)(=O)Nc4cccc(C(F)(F)F)c4)c3)n2)c1. The van der Waals surface area contributed by atoms with Crippen molar-refractivity contribution in [3.63, 3.8) is 0 Å². The van der Waals surface area contributed by atoms with Crippen LogP contribution in [0.4, 0.5) is 18.9 Å². The molecule has 0 saturated heterocycles. The largest absolute Gasteiger partial charge is 0.467 e. The van der Waals surface area contributed by atoms with Crippen LogP contribution in [0.1, 0.15) is 21.7 Å². The highest BCUT2D eigenvalue weighted by molar-refractivity contribution is 7.92. The summed E-state index contributed by atoms with van der Waals surface area (Å²) < 4.78 is 77.5. The van der Waals surface area contributed by atoms with Crippen LogP contribution >= 0.6 is 0 Å². The van der Waals surface area contributed by atoms with Crippen molar-refractivity contribution in [2.45, 2.75) is 17.6 Å². The van der Waals surface area contributed by atoms with E-state index in [4.69, 9.17) is 8.94 Å². The van der Waals surface area contributed by atoms with Crippen LogP contribution in [0.2, 0.25) is 0 Å². The summed E-state index contributed by atoms with van der Waals surface area (Å²) in [6, 6.07) is 19.4. The van der Waals surface area contributed by atoms with Crippen molar-refractivity contribution < 1.29 is 35.3 Å². The fraction of sp³-hybridized carbons (Fsp3) is 0.0741. The van der Waals surface area contributed by atoms with E-state index < -0.39 is 21.8 Å². The van der Waals surface area contributed by atoms with E-state index in [1.54, 1.807) is 42.5 Å². The number of carbonyl (C=O) groups is 1. The van der Waals surface area contributed by atoms with Crippen molar-refractivity contribution in [3.05, 3.63) is 108 Å². The lowest BCUT2D eigenvalue weighted by Gasteiger charge is -2.11. The highest BCUT2D eigenvalue weighted by Gasteiger charge is 2.30. The van der Waals surface area contributed by atoms with Crippen LogP contribution < -0.4 is 10.0 Å². The Morgan fingerprint density at radius 1 is 0.900 bits per heavy atom. The molecule has 0 unspecified atom stereocenters. The Kier molecular flexibility index (Phi) is 7.13. The van der Waals surface area contributed by atoms with Gasteiger partial charge in [0.2, 0.25) is 5.82 Å². The topological polar surface area (TPSA) is 127 Å². The number of carbonyl (C=O) groups excluding carboxylic acids is 1. The molecule has 0 fully saturated rings. The summed E-state index contributed by atoms with van der Waals surface area (Å²) in [6.07, 6.45) is -3.12. The Morgan fingerprint density at radius 3 is 2.45 bits per heavy atom. The highest BCUT2D eigenvalue weighted by Crippen LogP contribution is 2.31. The van der Waals surface area contributed by atoms with Gasteiger partial charge in [-0.05, 0) is 60.7 Å². The molecule has 0 aliphatic heterocycles. The van der Waals surface area contributed by atoms with E-state index in [-0.39, 0.29) is 40.3 Å². The van der Waals surface area contributed by atoms with Gasteiger partial charge < -0.3 is 14.3 Å². The molecule has 0 atom stereocenters. The molecule has 0 aliphatic rings. The molecule has 0 saturated carbocycles. The number of amides is 1. The average Bonchev–Trinajstić information content (AvgIpc) is 3.64. The second kappa shape index (κ2) is 10.7. The second-order valence-electron chi connectivity index (χ2n) is 8.48. The fourth-order valence-electron chi connectivity index (χ4n) is 3.71. The van der Waals surface area contributed by atoms with Gasteiger partial charge in [-0.1, -0.05) is 29.4 Å². The Morgan fingerprint density at radius 2 is 1.68 bits per heavy atom. The van der Waals surface area contributed by atoms with Crippen LogP contribution in [-0.4, -0.2) is 24.5 Å². The van der Waals surface area contributed by atoms with Crippen molar-refractivity contribution >= 4 is 21.6 Å². The van der Waals surface area contributed by atoms with Gasteiger partial charge in [0.15, 0.2) is 0 Å². The number of furan rings is 1. The predicted octanol–water partition coefficient (Wildman–Crippen LogP) is 5.75. The van der Waals surface area contributed by atoms with Crippen LogP contribution in [-0.2, 0) is 22.7 Å². The molecule has 5 rings (SSSR count). The lowest BCUT2D eigenvalue weighted by molar-refractivity contribution is -0.137. The molecule has 2 N–H and O–H groups in total. The zero-order valence-electron chi connectivity index (χ0n) is 20.3. The lowest BCUT2D eigenvalue weighted by Crippen LogP contribution is -2.22. The number of alkyl halides is 3. The molecule has 0 spiro atoms. The fourth-order valence-corrected chi connectivity index (χ4v) is 4.80. The summed E-state index contributed by atoms with van der Waals surface area (Å²) in [6.45, 7) is 0.213. The smallest absolute Gasteiger partial charge is 0.416 e. The quantitative estimate of drug-likeness (QED) is 0.244. The first-order chi connectivity index (χ1) is 19.1. The van der Waals surface area contributed by atoms with Gasteiger partial charge in [-0.25, -0.2) is 8.42 Å². The van der Waals surface area contributed by atoms with Gasteiger partial charge in [0.25, 0.3) is 21.8 Å². The molecule has 2 heterocycles. The summed E-state index contributed by atoms with van der Waals surface area (Å²) in [5.41, 5.74) is -0.134. The zero-order valence-corrected chi connectivity index (χ0v) is 21.2. The highest BCUT2D eigenvalue weighted by atomic mass is 32.2. The van der Waals surface area contributed by atoms with E-state index in [9.17, 15) is 26.4 Å². The van der Waals surface area contributed by atoms with Crippen LogP contribution in [0.15, 0.2) is 105 Å². The molecule has 0 bridgehead atoms. The zero-order chi connectivity index (χ0) is 28.3. The van der Waals surface area contributed by atoms with Gasteiger partial charge in [0.1, 0.15) is 5.76 Å². The van der Waals surface area contributed by atoms with E-state index in [0.717, 1.165) is 12.1 Å². The average molecular weight is 569 g/mol. The number of nitrogens with one attached hydrogen (secondary N) is 2. The summed E-state index contributed by atoms with van der Waals surface area (Å²) in [7, 11) is -4.25. The van der Waals surface area contributed by atoms with Crippen molar-refractivity contribution in [1.82, 2.24) is 15.5 Å². The van der Waals surface area contributed by atoms with Gasteiger partial charge in [0, 0.05) is 22.4 Å². The van der Waals surface area contributed by atoms with Gasteiger partial charge >= 0.3 is 6.18 Å². The number of rotatable bonds is 8. The number of nitrogens with zero attached hydrogens (tertiary/aromatic N) is 2. The molecule has 13 heteroatoms. The van der Waals surface area contributed by atoms with Crippen LogP contribution in [0, 0.1) is 0 Å². The minimum absolute atomic E-state index is 0.00112. The van der Waals surface area contributed by atoms with Gasteiger partial charge in [0.05, 0.1) is 23.3 Å². The summed E-state index contributed by atoms with van der Waals surface area (Å²) >= 11 is 0. The Bertz CT molecular complexity index is 1770. The predicted molar refractivity (Wildman–Crippen MR) is 137 cm³/mol. The van der Waals surface area contributed by atoms with Crippen LogP contribution in [0.3, 0.4) is 0 Å². The maximum absolute atomic E-state index is 13.0. The summed E-state index contributed by atoms with van der Waals surface area (Å²) in [5.74, 6) is 0.416. The van der Waals surface area contributed by atoms with E-state index in [0.29, 0.717) is 23.0 Å². The molecular weight excluding hydrogens is 549 g/mol. The molecule has 204 valence electrons. The maximum Gasteiger partial charge on any atom is 0.416 e. The summed E-state index contributed by atoms with van der Waals surface area (Å²) in [5, 5.41) is 6.68. The molecule has 0 radical (unpaired) electrons. The molecule has 40 heavy (non-hydrogen) atoms. The van der Waals surface area contributed by atoms with Crippen LogP contribution in [0.25, 0.3) is 22.8 Å². The first kappa shape index (κ1) is 26.7. The first-order valence-corrected chi connectivity index (χ1v) is 13.1. The Hall–Kier alpha value is -4.91. The number of hydrogen-bond donors (Lipinski definition) is 2. The standard InChI is InChI=1S/C27H19F3N4O5S/c28-27(29,30)20-8-3-9-21(15-20)34-40(36,37)23-11-2-7-19(14-23)26-32-24(33-39-26)17-5-1-6-18(13-17)25(35)31-16-22-10-4-12-38-22/h1-15,34H,16H2,(H,31,35). The molecular formula is C27H19F3N4O5S. The Labute approximate surface area is 225 Å². The number of sulfonamides is 1. The molecule has 3 aromatic carbocycles. The molecule has 9 nitrogen and oxygen atoms in total. The molecule has 2 aromatic heterocycles. The third-order valence-corrected chi connectivity index (χ3v) is 7.02. The van der Waals surface area contributed by atoms with Gasteiger partial charge in [-0.15, -0.1) is 0 Å². The monoisotopic (exact) mass is 568 g/mol.